The van der Waals surface area contributed by atoms with Crippen LogP contribution in [0.1, 0.15) is 31.9 Å². The molecule has 2 aromatic carbocycles. The van der Waals surface area contributed by atoms with Gasteiger partial charge in [-0.2, -0.15) is 0 Å². The van der Waals surface area contributed by atoms with Gasteiger partial charge in [-0.05, 0) is 38.0 Å². The highest BCUT2D eigenvalue weighted by atomic mass is 16.5. The lowest BCUT2D eigenvalue weighted by Gasteiger charge is -2.13. The standard InChI is InChI=1S/C23H27N3O2/c1-5-19-11-13-22(14-12-19)28-16-21(15-17(2)27)25-18(3)26-23(24-4)20-9-7-6-8-10-20/h6-15H,5,16H2,1-4H3,(H,24,25,26)/b21-15-. The maximum atomic E-state index is 11.6. The molecule has 0 amide bonds. The number of benzene rings is 2. The topological polar surface area (TPSA) is 63.0 Å². The summed E-state index contributed by atoms with van der Waals surface area (Å²) in [5, 5.41) is 3.16. The van der Waals surface area contributed by atoms with Crippen LogP contribution in [0.4, 0.5) is 0 Å². The molecule has 5 heteroatoms. The van der Waals surface area contributed by atoms with Crippen LogP contribution in [0, 0.1) is 0 Å². The Hall–Kier alpha value is -3.21. The van der Waals surface area contributed by atoms with Gasteiger partial charge in [0.2, 0.25) is 0 Å². The quantitative estimate of drug-likeness (QED) is 0.447. The fourth-order valence-electron chi connectivity index (χ4n) is 2.59. The number of rotatable bonds is 7. The van der Waals surface area contributed by atoms with E-state index in [1.807, 2.05) is 61.5 Å². The van der Waals surface area contributed by atoms with Crippen LogP contribution >= 0.6 is 0 Å². The summed E-state index contributed by atoms with van der Waals surface area (Å²) in [6.07, 6.45) is 2.50. The number of allylic oxidation sites excluding steroid dienone is 1. The van der Waals surface area contributed by atoms with E-state index < -0.39 is 0 Å². The van der Waals surface area contributed by atoms with Crippen molar-refractivity contribution >= 4 is 17.5 Å². The van der Waals surface area contributed by atoms with Crippen molar-refractivity contribution in [1.82, 2.24) is 5.32 Å². The van der Waals surface area contributed by atoms with Gasteiger partial charge in [0.25, 0.3) is 0 Å². The molecule has 0 saturated heterocycles. The van der Waals surface area contributed by atoms with Crippen molar-refractivity contribution in [3.63, 3.8) is 0 Å². The molecule has 0 bridgehead atoms. The molecule has 0 aliphatic carbocycles. The number of amidine groups is 2. The highest BCUT2D eigenvalue weighted by molar-refractivity contribution is 6.06. The molecule has 5 nitrogen and oxygen atoms in total. The van der Waals surface area contributed by atoms with Gasteiger partial charge in [-0.25, -0.2) is 4.99 Å². The van der Waals surface area contributed by atoms with Gasteiger partial charge in [0, 0.05) is 18.7 Å². The van der Waals surface area contributed by atoms with Crippen molar-refractivity contribution in [3.8, 4) is 5.75 Å². The minimum atomic E-state index is -0.0623. The summed E-state index contributed by atoms with van der Waals surface area (Å²) in [5.74, 6) is 1.93. The Morgan fingerprint density at radius 2 is 1.75 bits per heavy atom. The van der Waals surface area contributed by atoms with Crippen molar-refractivity contribution < 1.29 is 9.53 Å². The summed E-state index contributed by atoms with van der Waals surface area (Å²) in [5.41, 5.74) is 2.81. The third-order valence-corrected chi connectivity index (χ3v) is 3.96. The summed E-state index contributed by atoms with van der Waals surface area (Å²) < 4.78 is 5.82. The minimum absolute atomic E-state index is 0.0623. The molecule has 0 aliphatic heterocycles. The zero-order valence-corrected chi connectivity index (χ0v) is 16.9. The van der Waals surface area contributed by atoms with Gasteiger partial charge in [0.05, 0.1) is 5.70 Å². The number of aryl methyl sites for hydroxylation is 1. The maximum Gasteiger partial charge on any atom is 0.156 e. The molecule has 0 radical (unpaired) electrons. The second kappa shape index (κ2) is 10.8. The smallest absolute Gasteiger partial charge is 0.156 e. The van der Waals surface area contributed by atoms with Gasteiger partial charge in [0.15, 0.2) is 11.6 Å². The van der Waals surface area contributed by atoms with E-state index in [0.29, 0.717) is 17.4 Å². The largest absolute Gasteiger partial charge is 0.487 e. The SMILES string of the molecule is CCc1ccc(OC/C(=C/C(C)=O)NC(C)=NC(=NC)c2ccccc2)cc1. The molecule has 2 rings (SSSR count). The number of ketones is 1. The molecule has 146 valence electrons. The lowest BCUT2D eigenvalue weighted by atomic mass is 10.2. The second-order valence-electron chi connectivity index (χ2n) is 6.30. The van der Waals surface area contributed by atoms with E-state index in [-0.39, 0.29) is 12.4 Å². The molecular weight excluding hydrogens is 350 g/mol. The lowest BCUT2D eigenvalue weighted by molar-refractivity contribution is -0.112. The first kappa shape index (κ1) is 21.1. The highest BCUT2D eigenvalue weighted by Crippen LogP contribution is 2.13. The molecule has 0 saturated carbocycles. The summed E-state index contributed by atoms with van der Waals surface area (Å²) in [6.45, 7) is 5.69. The van der Waals surface area contributed by atoms with Crippen LogP contribution in [0.5, 0.6) is 5.75 Å². The lowest BCUT2D eigenvalue weighted by Crippen LogP contribution is -2.25. The molecule has 28 heavy (non-hydrogen) atoms. The molecular formula is C23H27N3O2. The first-order valence-electron chi connectivity index (χ1n) is 9.29. The monoisotopic (exact) mass is 377 g/mol. The van der Waals surface area contributed by atoms with Crippen LogP contribution in [0.25, 0.3) is 0 Å². The van der Waals surface area contributed by atoms with Crippen molar-refractivity contribution in [2.75, 3.05) is 13.7 Å². The molecule has 0 aliphatic rings. The summed E-state index contributed by atoms with van der Waals surface area (Å²) >= 11 is 0. The first-order chi connectivity index (χ1) is 13.5. The molecule has 0 unspecified atom stereocenters. The van der Waals surface area contributed by atoms with Crippen molar-refractivity contribution in [1.29, 1.82) is 0 Å². The predicted molar refractivity (Wildman–Crippen MR) is 115 cm³/mol. The van der Waals surface area contributed by atoms with Crippen LogP contribution in [0.3, 0.4) is 0 Å². The van der Waals surface area contributed by atoms with E-state index in [0.717, 1.165) is 17.7 Å². The van der Waals surface area contributed by atoms with Crippen LogP contribution in [0.15, 0.2) is 76.4 Å². The van der Waals surface area contributed by atoms with E-state index in [4.69, 9.17) is 4.74 Å². The minimum Gasteiger partial charge on any atom is -0.487 e. The number of hydrogen-bond donors (Lipinski definition) is 1. The number of hydrogen-bond acceptors (Lipinski definition) is 3. The predicted octanol–water partition coefficient (Wildman–Crippen LogP) is 4.19. The van der Waals surface area contributed by atoms with Crippen LogP contribution in [0.2, 0.25) is 0 Å². The molecule has 1 N–H and O–H groups in total. The third-order valence-electron chi connectivity index (χ3n) is 3.96. The first-order valence-corrected chi connectivity index (χ1v) is 9.29. The van der Waals surface area contributed by atoms with E-state index in [1.165, 1.54) is 18.6 Å². The molecule has 2 aromatic rings. The normalized spacial score (nSPS) is 12.6. The number of aliphatic imine (C=N–C) groups is 2. The van der Waals surface area contributed by atoms with Crippen molar-refractivity contribution in [2.24, 2.45) is 9.98 Å². The van der Waals surface area contributed by atoms with Crippen molar-refractivity contribution in [2.45, 2.75) is 27.2 Å². The van der Waals surface area contributed by atoms with Gasteiger partial charge in [-0.1, -0.05) is 49.4 Å². The Bertz CT molecular complexity index is 866. The zero-order chi connectivity index (χ0) is 20.4. The van der Waals surface area contributed by atoms with E-state index in [9.17, 15) is 4.79 Å². The highest BCUT2D eigenvalue weighted by Gasteiger charge is 2.06. The van der Waals surface area contributed by atoms with Crippen molar-refractivity contribution in [3.05, 3.63) is 77.5 Å². The summed E-state index contributed by atoms with van der Waals surface area (Å²) in [4.78, 5) is 20.4. The van der Waals surface area contributed by atoms with Gasteiger partial charge in [-0.15, -0.1) is 0 Å². The molecule has 0 aromatic heterocycles. The number of carbonyl (C=O) groups excluding carboxylic acids is 1. The van der Waals surface area contributed by atoms with Crippen LogP contribution in [-0.2, 0) is 11.2 Å². The molecule has 0 atom stereocenters. The van der Waals surface area contributed by atoms with Crippen LogP contribution in [-0.4, -0.2) is 31.1 Å². The average Bonchev–Trinajstić information content (AvgIpc) is 2.71. The Balaban J connectivity index is 2.09. The second-order valence-corrected chi connectivity index (χ2v) is 6.30. The zero-order valence-electron chi connectivity index (χ0n) is 16.9. The Morgan fingerprint density at radius 1 is 1.07 bits per heavy atom. The number of nitrogens with one attached hydrogen (secondary N) is 1. The number of ether oxygens (including phenoxy) is 1. The van der Waals surface area contributed by atoms with Gasteiger partial charge >= 0.3 is 0 Å². The molecule has 0 fully saturated rings. The number of carbonyl (C=O) groups is 1. The Morgan fingerprint density at radius 3 is 2.32 bits per heavy atom. The fraction of sp³-hybridized carbons (Fsp3) is 0.261. The summed E-state index contributed by atoms with van der Waals surface area (Å²) in [7, 11) is 1.70. The Kier molecular flexibility index (Phi) is 8.15. The molecule has 0 spiro atoms. The fourth-order valence-corrected chi connectivity index (χ4v) is 2.59. The van der Waals surface area contributed by atoms with Gasteiger partial charge < -0.3 is 10.1 Å². The van der Waals surface area contributed by atoms with Gasteiger partial charge in [-0.3, -0.25) is 9.79 Å². The average molecular weight is 377 g/mol. The van der Waals surface area contributed by atoms with Crippen LogP contribution < -0.4 is 10.1 Å². The molecule has 0 heterocycles. The maximum absolute atomic E-state index is 11.6. The van der Waals surface area contributed by atoms with E-state index in [1.54, 1.807) is 7.05 Å². The van der Waals surface area contributed by atoms with E-state index >= 15 is 0 Å². The summed E-state index contributed by atoms with van der Waals surface area (Å²) in [6, 6.07) is 17.7. The van der Waals surface area contributed by atoms with E-state index in [2.05, 4.69) is 22.2 Å². The number of nitrogens with zero attached hydrogens (tertiary/aromatic N) is 2. The van der Waals surface area contributed by atoms with Gasteiger partial charge in [0.1, 0.15) is 18.2 Å². The third kappa shape index (κ3) is 6.83. The Labute approximate surface area is 166 Å².